The Morgan fingerprint density at radius 2 is 1.86 bits per heavy atom. The molecule has 1 aromatic carbocycles. The third-order valence-corrected chi connectivity index (χ3v) is 3.88. The van der Waals surface area contributed by atoms with Gasteiger partial charge in [0.05, 0.1) is 0 Å². The molecule has 0 radical (unpaired) electrons. The van der Waals surface area contributed by atoms with Gasteiger partial charge < -0.3 is 9.80 Å². The summed E-state index contributed by atoms with van der Waals surface area (Å²) in [5.41, 5.74) is 5.68. The molecule has 0 saturated carbocycles. The molecule has 0 saturated heterocycles. The summed E-state index contributed by atoms with van der Waals surface area (Å²) in [5, 5.41) is 8.94. The van der Waals surface area contributed by atoms with E-state index in [0.29, 0.717) is 5.56 Å². The van der Waals surface area contributed by atoms with Crippen LogP contribution in [0.25, 0.3) is 0 Å². The third-order valence-electron chi connectivity index (χ3n) is 3.88. The molecule has 0 aromatic heterocycles. The predicted octanol–water partition coefficient (Wildman–Crippen LogP) is 3.69. The van der Waals surface area contributed by atoms with Crippen LogP contribution in [-0.4, -0.2) is 11.9 Å². The molecule has 106 valence electrons. The minimum Gasteiger partial charge on any atom is -0.338 e. The molecule has 4 heteroatoms. The Bertz CT molecular complexity index is 680. The zero-order chi connectivity index (χ0) is 15.0. The maximum Gasteiger partial charge on any atom is 2.00 e. The molecule has 0 amide bonds. The second-order valence-corrected chi connectivity index (χ2v) is 4.99. The van der Waals surface area contributed by atoms with Crippen molar-refractivity contribution >= 4 is 5.69 Å². The van der Waals surface area contributed by atoms with E-state index in [0.717, 1.165) is 34.0 Å². The molecule has 0 aliphatic carbocycles. The van der Waals surface area contributed by atoms with Crippen LogP contribution in [-0.2, 0) is 21.1 Å². The number of hydrogen-bond acceptors (Lipinski definition) is 3. The van der Waals surface area contributed by atoms with Gasteiger partial charge in [-0.2, -0.15) is 0 Å². The number of aryl methyl sites for hydroxylation is 1. The second kappa shape index (κ2) is 6.33. The Morgan fingerprint density at radius 3 is 2.38 bits per heavy atom. The quantitative estimate of drug-likeness (QED) is 0.615. The molecule has 0 atom stereocenters. The molecular formula is C17H18N3W+. The smallest absolute Gasteiger partial charge is 0.338 e. The van der Waals surface area contributed by atoms with Gasteiger partial charge in [0.2, 0.25) is 0 Å². The number of nitriles is 1. The van der Waals surface area contributed by atoms with E-state index in [2.05, 4.69) is 39.1 Å². The number of benzene rings is 1. The summed E-state index contributed by atoms with van der Waals surface area (Å²) >= 11 is 0. The van der Waals surface area contributed by atoms with Gasteiger partial charge in [-0.1, -0.05) is 25.6 Å². The van der Waals surface area contributed by atoms with E-state index in [1.165, 1.54) is 0 Å². The first-order chi connectivity index (χ1) is 9.38. The summed E-state index contributed by atoms with van der Waals surface area (Å²) in [6.07, 6.45) is 0. The van der Waals surface area contributed by atoms with Gasteiger partial charge in [0.25, 0.3) is 0 Å². The predicted molar refractivity (Wildman–Crippen MR) is 81.6 cm³/mol. The molecule has 0 bridgehead atoms. The van der Waals surface area contributed by atoms with Crippen molar-refractivity contribution in [1.29, 1.82) is 5.26 Å². The molecule has 3 nitrogen and oxygen atoms in total. The fraction of sp³-hybridized carbons (Fsp3) is 0.235. The van der Waals surface area contributed by atoms with Crippen LogP contribution in [0.15, 0.2) is 48.1 Å². The van der Waals surface area contributed by atoms with Gasteiger partial charge in [-0.05, 0) is 31.2 Å². The molecular weight excluding hydrogens is 430 g/mol. The zero-order valence-electron chi connectivity index (χ0n) is 12.8. The molecule has 1 aliphatic heterocycles. The van der Waals surface area contributed by atoms with Gasteiger partial charge in [-0.15, -0.1) is 23.8 Å². The first kappa shape index (κ1) is 17.3. The van der Waals surface area contributed by atoms with Crippen molar-refractivity contribution in [1.82, 2.24) is 4.90 Å². The normalized spacial score (nSPS) is 15.0. The van der Waals surface area contributed by atoms with Gasteiger partial charge in [0.1, 0.15) is 5.82 Å². The van der Waals surface area contributed by atoms with E-state index in [4.69, 9.17) is 5.26 Å². The van der Waals surface area contributed by atoms with E-state index in [1.807, 2.05) is 35.9 Å². The fourth-order valence-corrected chi connectivity index (χ4v) is 2.31. The molecule has 1 aromatic rings. The maximum absolute atomic E-state index is 8.94. The number of anilines is 1. The molecule has 21 heavy (non-hydrogen) atoms. The van der Waals surface area contributed by atoms with E-state index in [1.54, 1.807) is 0 Å². The Balaban J connectivity index is 0.00000220. The van der Waals surface area contributed by atoms with E-state index >= 15 is 0 Å². The van der Waals surface area contributed by atoms with Crippen LogP contribution in [0.3, 0.4) is 0 Å². The van der Waals surface area contributed by atoms with Crippen molar-refractivity contribution < 1.29 is 21.1 Å². The monoisotopic (exact) mass is 448 g/mol. The summed E-state index contributed by atoms with van der Waals surface area (Å²) in [6.45, 7) is 14.4. The molecule has 0 unspecified atom stereocenters. The summed E-state index contributed by atoms with van der Waals surface area (Å²) in [6, 6.07) is 8.75. The van der Waals surface area contributed by atoms with Crippen LogP contribution in [0.2, 0.25) is 0 Å². The van der Waals surface area contributed by atoms with Crippen molar-refractivity contribution in [3.8, 4) is 6.07 Å². The van der Waals surface area contributed by atoms with Crippen molar-refractivity contribution in [3.63, 3.8) is 0 Å². The minimum atomic E-state index is 0. The minimum absolute atomic E-state index is 0. The molecule has 0 spiro atoms. The summed E-state index contributed by atoms with van der Waals surface area (Å²) < 4.78 is 0. The molecule has 0 fully saturated rings. The topological polar surface area (TPSA) is 30.3 Å². The van der Waals surface area contributed by atoms with Crippen LogP contribution >= 0.6 is 0 Å². The largest absolute Gasteiger partial charge is 2.00 e. The molecule has 2 rings (SSSR count). The van der Waals surface area contributed by atoms with Gasteiger partial charge in [-0.25, -0.2) is 0 Å². The van der Waals surface area contributed by atoms with Crippen LogP contribution < -0.4 is 4.90 Å². The third kappa shape index (κ3) is 2.82. The number of allylic oxidation sites excluding steroid dienone is 2. The van der Waals surface area contributed by atoms with E-state index in [-0.39, 0.29) is 21.1 Å². The van der Waals surface area contributed by atoms with E-state index < -0.39 is 0 Å². The summed E-state index contributed by atoms with van der Waals surface area (Å²) in [5.74, 6) is 0.847. The van der Waals surface area contributed by atoms with Crippen LogP contribution in [0.1, 0.15) is 25.0 Å². The van der Waals surface area contributed by atoms with Gasteiger partial charge >= 0.3 is 21.1 Å². The van der Waals surface area contributed by atoms with Crippen molar-refractivity contribution in [2.75, 3.05) is 11.9 Å². The fourth-order valence-electron chi connectivity index (χ4n) is 2.31. The summed E-state index contributed by atoms with van der Waals surface area (Å²) in [7, 11) is 1.99. The second-order valence-electron chi connectivity index (χ2n) is 4.99. The molecule has 1 heterocycles. The van der Waals surface area contributed by atoms with Gasteiger partial charge in [0.15, 0.2) is 0 Å². The Labute approximate surface area is 141 Å². The molecule has 1 aliphatic rings. The van der Waals surface area contributed by atoms with Crippen LogP contribution in [0.4, 0.5) is 5.69 Å². The van der Waals surface area contributed by atoms with Gasteiger partial charge in [0, 0.05) is 18.4 Å². The van der Waals surface area contributed by atoms with Crippen LogP contribution in [0.5, 0.6) is 0 Å². The van der Waals surface area contributed by atoms with Crippen molar-refractivity contribution in [3.05, 3.63) is 65.3 Å². The van der Waals surface area contributed by atoms with Crippen molar-refractivity contribution in [2.45, 2.75) is 20.8 Å². The Hall–Kier alpha value is -1.78. The van der Waals surface area contributed by atoms with E-state index in [9.17, 15) is 0 Å². The maximum atomic E-state index is 8.94. The molecule has 0 N–H and O–H groups in total. The standard InChI is InChI=1S/C17H18N3.W/c1-11-9-16(10-18)7-8-17(11)20-14(4)12(2)13(3)19(6)15(20)5;/h8-9H,4-5H2,1-3,6H3;/q-1;+2. The first-order valence-electron chi connectivity index (χ1n) is 6.40. The zero-order valence-corrected chi connectivity index (χ0v) is 15.8. The summed E-state index contributed by atoms with van der Waals surface area (Å²) in [4.78, 5) is 4.05. The average Bonchev–Trinajstić information content (AvgIpc) is 2.44. The van der Waals surface area contributed by atoms with Gasteiger partial charge in [-0.3, -0.25) is 5.26 Å². The first-order valence-corrected chi connectivity index (χ1v) is 6.40. The number of nitrogens with zero attached hydrogens (tertiary/aromatic N) is 3. The SMILES string of the molecule is C=C1C(C)=C(C)N(C)C(=C)N1c1c[c-]c(C#N)cc1C.[W+2]. The Morgan fingerprint density at radius 1 is 1.24 bits per heavy atom. The van der Waals surface area contributed by atoms with Crippen LogP contribution in [0, 0.1) is 24.3 Å². The number of hydrogen-bond donors (Lipinski definition) is 0. The van der Waals surface area contributed by atoms with Crippen molar-refractivity contribution in [2.24, 2.45) is 0 Å². The number of rotatable bonds is 1. The Kier molecular flexibility index (Phi) is 5.20. The average molecular weight is 448 g/mol.